The van der Waals surface area contributed by atoms with Crippen LogP contribution in [0.15, 0.2) is 158 Å². The first-order valence-corrected chi connectivity index (χ1v) is 19.9. The summed E-state index contributed by atoms with van der Waals surface area (Å²) < 4.78 is 5.33. The highest BCUT2D eigenvalue weighted by atomic mass is 15.0. The summed E-state index contributed by atoms with van der Waals surface area (Å²) in [5, 5.41) is 13.6. The minimum atomic E-state index is 0.144. The third kappa shape index (κ3) is 2.72. The minimum absolute atomic E-state index is 0.144. The van der Waals surface area contributed by atoms with Gasteiger partial charge in [-0.25, -0.2) is 0 Å². The Morgan fingerprint density at radius 1 is 0.286 bits per heavy atom. The average molecular weight is 700 g/mol. The molecule has 12 aromatic rings. The highest BCUT2D eigenvalue weighted by Gasteiger charge is 2.46. The Labute approximate surface area is 321 Å². The molecule has 0 saturated carbocycles. The van der Waals surface area contributed by atoms with Crippen molar-refractivity contribution in [2.45, 2.75) is 0 Å². The fourth-order valence-corrected chi connectivity index (χ4v) is 12.7. The zero-order valence-electron chi connectivity index (χ0n) is 30.1. The summed E-state index contributed by atoms with van der Waals surface area (Å²) in [7, 11) is 0. The van der Waals surface area contributed by atoms with Crippen LogP contribution in [-0.2, 0) is 0 Å². The Morgan fingerprint density at radius 3 is 1.20 bits per heavy atom. The fraction of sp³-hybridized carbons (Fsp3) is 0. The normalized spacial score (nSPS) is 14.0. The van der Waals surface area contributed by atoms with Crippen molar-refractivity contribution in [1.82, 2.24) is 9.13 Å². The summed E-state index contributed by atoms with van der Waals surface area (Å²) in [5.74, 6) is 0. The van der Waals surface area contributed by atoms with Crippen molar-refractivity contribution in [3.8, 4) is 33.6 Å². The maximum atomic E-state index is 2.67. The molecule has 6 heterocycles. The van der Waals surface area contributed by atoms with Gasteiger partial charge in [-0.3, -0.25) is 0 Å². The lowest BCUT2D eigenvalue weighted by Gasteiger charge is -2.32. The maximum Gasteiger partial charge on any atom is 0.249 e. The molecule has 4 heteroatoms. The lowest BCUT2D eigenvalue weighted by molar-refractivity contribution is 1.21. The van der Waals surface area contributed by atoms with Crippen molar-refractivity contribution in [2.75, 3.05) is 0 Å². The van der Waals surface area contributed by atoms with Crippen LogP contribution in [0.5, 0.6) is 0 Å². The Hall–Kier alpha value is -7.03. The monoisotopic (exact) mass is 700 g/mol. The molecule has 0 radical (unpaired) electrons. The van der Waals surface area contributed by atoms with Gasteiger partial charge in [0.15, 0.2) is 0 Å². The molecular weight excluding hydrogens is 674 g/mol. The molecule has 250 valence electrons. The molecule has 10 aromatic carbocycles. The summed E-state index contributed by atoms with van der Waals surface area (Å²) in [6.07, 6.45) is 0. The predicted molar refractivity (Wildman–Crippen MR) is 239 cm³/mol. The van der Waals surface area contributed by atoms with Crippen LogP contribution in [0.25, 0.3) is 110 Å². The maximum absolute atomic E-state index is 2.67. The molecule has 16 rings (SSSR count). The van der Waals surface area contributed by atoms with Crippen LogP contribution in [0, 0.1) is 0 Å². The standard InChI is InChI=1S/C52H26B2N2/c1-5-19-39-27(11-1)31-23-25-33-29-13-3-7-21-41(29)55-49(33)45(31)53(39)47-35-15-9-18-38-43(35)44-36(16-10-17-37(44)51(47)55)48-52(38)56-42-22-8-4-14-30(42)34-26-24-32-28-12-2-6-20-40(28)54(48)46(32)50(34)56/h1-26H. The molecule has 56 heavy (non-hydrogen) atoms. The zero-order chi connectivity index (χ0) is 35.7. The van der Waals surface area contributed by atoms with Crippen LogP contribution in [0.3, 0.4) is 0 Å². The van der Waals surface area contributed by atoms with Crippen molar-refractivity contribution >= 4 is 122 Å². The molecule has 4 aliphatic rings. The number of hydrogen-bond acceptors (Lipinski definition) is 0. The van der Waals surface area contributed by atoms with Crippen LogP contribution < -0.4 is 32.8 Å². The van der Waals surface area contributed by atoms with Crippen molar-refractivity contribution in [3.63, 3.8) is 0 Å². The number of nitrogens with zero attached hydrogens (tertiary/aromatic N) is 2. The first kappa shape index (κ1) is 27.5. The SMILES string of the molecule is c1ccc2c(c1)B1c3c(c4cccc5c6c(c7cccc3c7c54)-n3c4ccccc4c4ccc5c(c43)B6c3ccccc3-5)-n3c4ccccc4c4ccc-2c1c43. The van der Waals surface area contributed by atoms with Crippen LogP contribution in [0.1, 0.15) is 0 Å². The molecule has 4 aliphatic heterocycles. The Bertz CT molecular complexity index is 3650. The number of rotatable bonds is 0. The Kier molecular flexibility index (Phi) is 4.38. The second-order valence-corrected chi connectivity index (χ2v) is 16.6. The predicted octanol–water partition coefficient (Wildman–Crippen LogP) is 8.40. The number of aromatic nitrogens is 2. The highest BCUT2D eigenvalue weighted by molar-refractivity contribution is 7.04. The van der Waals surface area contributed by atoms with Gasteiger partial charge in [-0.05, 0) is 77.8 Å². The summed E-state index contributed by atoms with van der Waals surface area (Å²) >= 11 is 0. The third-order valence-electron chi connectivity index (χ3n) is 14.5. The molecule has 2 nitrogen and oxygen atoms in total. The van der Waals surface area contributed by atoms with Crippen LogP contribution in [0.2, 0.25) is 0 Å². The molecular formula is C52H26B2N2. The van der Waals surface area contributed by atoms with Gasteiger partial charge >= 0.3 is 0 Å². The molecule has 0 amide bonds. The van der Waals surface area contributed by atoms with E-state index < -0.39 is 0 Å². The smallest absolute Gasteiger partial charge is 0.249 e. The number of fused-ring (bicyclic) bond motifs is 22. The van der Waals surface area contributed by atoms with Gasteiger partial charge in [0.25, 0.3) is 0 Å². The lowest BCUT2D eigenvalue weighted by atomic mass is 9.36. The van der Waals surface area contributed by atoms with Crippen molar-refractivity contribution in [1.29, 1.82) is 0 Å². The fourth-order valence-electron chi connectivity index (χ4n) is 12.7. The Morgan fingerprint density at radius 2 is 0.696 bits per heavy atom. The van der Waals surface area contributed by atoms with Gasteiger partial charge < -0.3 is 9.13 Å². The van der Waals surface area contributed by atoms with Crippen molar-refractivity contribution in [3.05, 3.63) is 158 Å². The second kappa shape index (κ2) is 8.91. The molecule has 0 N–H and O–H groups in total. The molecule has 0 fully saturated rings. The van der Waals surface area contributed by atoms with Gasteiger partial charge in [0.2, 0.25) is 13.4 Å². The summed E-state index contributed by atoms with van der Waals surface area (Å²) in [6, 6.07) is 60.6. The minimum Gasteiger partial charge on any atom is -0.310 e. The third-order valence-corrected chi connectivity index (χ3v) is 14.5. The van der Waals surface area contributed by atoms with E-state index in [1.807, 2.05) is 0 Å². The van der Waals surface area contributed by atoms with E-state index in [2.05, 4.69) is 167 Å². The van der Waals surface area contributed by atoms with Gasteiger partial charge in [-0.2, -0.15) is 0 Å². The van der Waals surface area contributed by atoms with Gasteiger partial charge in [0, 0.05) is 54.7 Å². The van der Waals surface area contributed by atoms with E-state index in [1.54, 1.807) is 0 Å². The molecule has 2 aromatic heterocycles. The van der Waals surface area contributed by atoms with E-state index >= 15 is 0 Å². The summed E-state index contributed by atoms with van der Waals surface area (Å²) in [4.78, 5) is 0. The molecule has 0 unspecified atom stereocenters. The average Bonchev–Trinajstić information content (AvgIpc) is 3.98. The van der Waals surface area contributed by atoms with E-state index in [0.29, 0.717) is 0 Å². The number of hydrogen-bond donors (Lipinski definition) is 0. The van der Waals surface area contributed by atoms with Crippen LogP contribution in [-0.4, -0.2) is 22.6 Å². The van der Waals surface area contributed by atoms with E-state index in [-0.39, 0.29) is 13.4 Å². The van der Waals surface area contributed by atoms with Crippen molar-refractivity contribution < 1.29 is 0 Å². The topological polar surface area (TPSA) is 9.86 Å². The van der Waals surface area contributed by atoms with Gasteiger partial charge in [-0.1, -0.05) is 157 Å². The first-order chi connectivity index (χ1) is 27.9. The largest absolute Gasteiger partial charge is 0.310 e. The zero-order valence-corrected chi connectivity index (χ0v) is 30.1. The van der Waals surface area contributed by atoms with Gasteiger partial charge in [0.1, 0.15) is 0 Å². The molecule has 0 bridgehead atoms. The van der Waals surface area contributed by atoms with E-state index in [9.17, 15) is 0 Å². The molecule has 0 spiro atoms. The van der Waals surface area contributed by atoms with Gasteiger partial charge in [-0.15, -0.1) is 0 Å². The molecule has 0 atom stereocenters. The molecule has 0 aliphatic carbocycles. The van der Waals surface area contributed by atoms with Crippen LogP contribution in [0.4, 0.5) is 0 Å². The Balaban J connectivity index is 1.19. The lowest BCUT2D eigenvalue weighted by Crippen LogP contribution is -2.54. The van der Waals surface area contributed by atoms with Crippen LogP contribution >= 0.6 is 0 Å². The molecule has 0 saturated heterocycles. The highest BCUT2D eigenvalue weighted by Crippen LogP contribution is 2.47. The van der Waals surface area contributed by atoms with E-state index in [0.717, 1.165) is 0 Å². The van der Waals surface area contributed by atoms with E-state index in [1.165, 1.54) is 142 Å². The quantitative estimate of drug-likeness (QED) is 0.111. The summed E-state index contributed by atoms with van der Waals surface area (Å²) in [6.45, 7) is 0.289. The summed E-state index contributed by atoms with van der Waals surface area (Å²) in [5.41, 5.74) is 22.2. The van der Waals surface area contributed by atoms with Gasteiger partial charge in [0.05, 0.1) is 11.0 Å². The van der Waals surface area contributed by atoms with Crippen molar-refractivity contribution in [2.24, 2.45) is 0 Å². The first-order valence-electron chi connectivity index (χ1n) is 19.9. The van der Waals surface area contributed by atoms with E-state index in [4.69, 9.17) is 0 Å². The second-order valence-electron chi connectivity index (χ2n) is 16.6. The number of benzene rings is 10. The number of para-hydroxylation sites is 2.